The number of primary amides is 1. The summed E-state index contributed by atoms with van der Waals surface area (Å²) < 4.78 is 0. The Bertz CT molecular complexity index is 359. The van der Waals surface area contributed by atoms with Crippen molar-refractivity contribution < 1.29 is 4.79 Å². The molecule has 0 atom stereocenters. The highest BCUT2D eigenvalue weighted by molar-refractivity contribution is 6.38. The SMILES string of the molecule is Cl.NC(=O)CN=Cc1c(Cl)cccc1Cl. The van der Waals surface area contributed by atoms with Gasteiger partial charge in [-0.25, -0.2) is 0 Å². The maximum absolute atomic E-state index is 10.4. The average Bonchev–Trinajstić information content (AvgIpc) is 2.09. The Morgan fingerprint density at radius 2 is 1.93 bits per heavy atom. The van der Waals surface area contributed by atoms with Crippen LogP contribution < -0.4 is 5.73 Å². The molecule has 0 aliphatic heterocycles. The standard InChI is InChI=1S/C9H8Cl2N2O.ClH/c10-7-2-1-3-8(11)6(7)4-13-5-9(12)14;/h1-4H,5H2,(H2,12,14);1H. The number of carbonyl (C=O) groups is 1. The Kier molecular flexibility index (Phi) is 6.32. The molecule has 82 valence electrons. The second-order valence-electron chi connectivity index (χ2n) is 2.57. The molecule has 2 N–H and O–H groups in total. The van der Waals surface area contributed by atoms with E-state index in [2.05, 4.69) is 4.99 Å². The van der Waals surface area contributed by atoms with E-state index in [4.69, 9.17) is 28.9 Å². The van der Waals surface area contributed by atoms with Gasteiger partial charge in [-0.1, -0.05) is 29.3 Å². The van der Waals surface area contributed by atoms with Gasteiger partial charge in [0.15, 0.2) is 0 Å². The van der Waals surface area contributed by atoms with Gasteiger partial charge in [-0.2, -0.15) is 0 Å². The molecular weight excluding hydrogens is 258 g/mol. The second-order valence-corrected chi connectivity index (χ2v) is 3.39. The fourth-order valence-electron chi connectivity index (χ4n) is 0.861. The molecule has 1 amide bonds. The molecule has 1 rings (SSSR count). The summed E-state index contributed by atoms with van der Waals surface area (Å²) in [6, 6.07) is 5.12. The molecule has 1 aromatic rings. The first-order valence-electron chi connectivity index (χ1n) is 3.83. The predicted molar refractivity (Wildman–Crippen MR) is 65.4 cm³/mol. The summed E-state index contributed by atoms with van der Waals surface area (Å²) in [7, 11) is 0. The van der Waals surface area contributed by atoms with Crippen LogP contribution in [0.25, 0.3) is 0 Å². The Morgan fingerprint density at radius 1 is 1.40 bits per heavy atom. The molecule has 0 heterocycles. The van der Waals surface area contributed by atoms with E-state index in [-0.39, 0.29) is 19.0 Å². The molecule has 0 fully saturated rings. The predicted octanol–water partition coefficient (Wildman–Crippen LogP) is 2.32. The normalized spacial score (nSPS) is 10.0. The highest BCUT2D eigenvalue weighted by Gasteiger charge is 2.01. The van der Waals surface area contributed by atoms with Crippen molar-refractivity contribution in [3.63, 3.8) is 0 Å². The van der Waals surface area contributed by atoms with Crippen LogP contribution in [0.4, 0.5) is 0 Å². The van der Waals surface area contributed by atoms with Crippen molar-refractivity contribution in [2.75, 3.05) is 6.54 Å². The van der Waals surface area contributed by atoms with Gasteiger partial charge >= 0.3 is 0 Å². The van der Waals surface area contributed by atoms with Crippen LogP contribution in [0.3, 0.4) is 0 Å². The van der Waals surface area contributed by atoms with Gasteiger partial charge in [-0.15, -0.1) is 12.4 Å². The average molecular weight is 268 g/mol. The number of amides is 1. The fourth-order valence-corrected chi connectivity index (χ4v) is 1.36. The van der Waals surface area contributed by atoms with E-state index in [9.17, 15) is 4.79 Å². The number of rotatable bonds is 3. The van der Waals surface area contributed by atoms with Crippen LogP contribution in [0.5, 0.6) is 0 Å². The van der Waals surface area contributed by atoms with Crippen molar-refractivity contribution in [2.24, 2.45) is 10.7 Å². The highest BCUT2D eigenvalue weighted by atomic mass is 35.5. The van der Waals surface area contributed by atoms with Crippen LogP contribution in [0.1, 0.15) is 5.56 Å². The molecule has 1 aromatic carbocycles. The van der Waals surface area contributed by atoms with Gasteiger partial charge in [0.1, 0.15) is 6.54 Å². The Hall–Kier alpha value is -0.770. The van der Waals surface area contributed by atoms with Crippen LogP contribution in [0.2, 0.25) is 10.0 Å². The molecule has 15 heavy (non-hydrogen) atoms. The lowest BCUT2D eigenvalue weighted by atomic mass is 10.2. The summed E-state index contributed by atoms with van der Waals surface area (Å²) in [4.78, 5) is 14.2. The zero-order valence-corrected chi connectivity index (χ0v) is 9.94. The molecular formula is C9H9Cl3N2O. The molecule has 0 aliphatic carbocycles. The lowest BCUT2D eigenvalue weighted by Crippen LogP contribution is -2.14. The van der Waals surface area contributed by atoms with Crippen molar-refractivity contribution in [1.82, 2.24) is 0 Å². The first-order chi connectivity index (χ1) is 6.61. The topological polar surface area (TPSA) is 55.5 Å². The van der Waals surface area contributed by atoms with E-state index in [0.717, 1.165) is 0 Å². The molecule has 0 bridgehead atoms. The van der Waals surface area contributed by atoms with E-state index in [1.807, 2.05) is 0 Å². The number of aliphatic imine (C=N–C) groups is 1. The molecule has 0 saturated carbocycles. The zero-order chi connectivity index (χ0) is 10.6. The number of nitrogens with two attached hydrogens (primary N) is 1. The van der Waals surface area contributed by atoms with Crippen LogP contribution in [-0.4, -0.2) is 18.7 Å². The van der Waals surface area contributed by atoms with Crippen LogP contribution in [0, 0.1) is 0 Å². The van der Waals surface area contributed by atoms with Crippen molar-refractivity contribution in [3.05, 3.63) is 33.8 Å². The molecule has 0 saturated heterocycles. The minimum atomic E-state index is -0.496. The van der Waals surface area contributed by atoms with Crippen molar-refractivity contribution in [1.29, 1.82) is 0 Å². The minimum Gasteiger partial charge on any atom is -0.368 e. The number of hydrogen-bond acceptors (Lipinski definition) is 2. The van der Waals surface area contributed by atoms with E-state index < -0.39 is 5.91 Å². The van der Waals surface area contributed by atoms with E-state index in [1.54, 1.807) is 18.2 Å². The van der Waals surface area contributed by atoms with E-state index >= 15 is 0 Å². The third-order valence-corrected chi connectivity index (χ3v) is 2.13. The summed E-state index contributed by atoms with van der Waals surface area (Å²) in [5.41, 5.74) is 5.51. The van der Waals surface area contributed by atoms with Gasteiger partial charge in [0, 0.05) is 11.8 Å². The maximum atomic E-state index is 10.4. The lowest BCUT2D eigenvalue weighted by Gasteiger charge is -1.99. The largest absolute Gasteiger partial charge is 0.368 e. The summed E-state index contributed by atoms with van der Waals surface area (Å²) in [5.74, 6) is -0.496. The van der Waals surface area contributed by atoms with Crippen molar-refractivity contribution in [3.8, 4) is 0 Å². The molecule has 6 heteroatoms. The van der Waals surface area contributed by atoms with Crippen LogP contribution >= 0.6 is 35.6 Å². The Balaban J connectivity index is 0.00000196. The van der Waals surface area contributed by atoms with Crippen LogP contribution in [-0.2, 0) is 4.79 Å². The maximum Gasteiger partial charge on any atom is 0.239 e. The summed E-state index contributed by atoms with van der Waals surface area (Å²) >= 11 is 11.7. The third-order valence-electron chi connectivity index (χ3n) is 1.47. The number of carbonyl (C=O) groups excluding carboxylic acids is 1. The minimum absolute atomic E-state index is 0. The highest BCUT2D eigenvalue weighted by Crippen LogP contribution is 2.21. The van der Waals surface area contributed by atoms with Crippen LogP contribution in [0.15, 0.2) is 23.2 Å². The molecule has 0 aromatic heterocycles. The summed E-state index contributed by atoms with van der Waals surface area (Å²) in [5, 5.41) is 0.983. The van der Waals surface area contributed by atoms with Gasteiger partial charge in [0.2, 0.25) is 5.91 Å². The molecule has 0 spiro atoms. The number of benzene rings is 1. The van der Waals surface area contributed by atoms with Crippen molar-refractivity contribution >= 4 is 47.7 Å². The van der Waals surface area contributed by atoms with Gasteiger partial charge < -0.3 is 5.73 Å². The number of halogens is 3. The van der Waals surface area contributed by atoms with Gasteiger partial charge in [0.25, 0.3) is 0 Å². The van der Waals surface area contributed by atoms with E-state index in [1.165, 1.54) is 6.21 Å². The monoisotopic (exact) mass is 266 g/mol. The fraction of sp³-hybridized carbons (Fsp3) is 0.111. The summed E-state index contributed by atoms with van der Waals surface area (Å²) in [6.07, 6.45) is 1.44. The van der Waals surface area contributed by atoms with Gasteiger partial charge in [-0.05, 0) is 12.1 Å². The number of hydrogen-bond donors (Lipinski definition) is 1. The Labute approximate surface area is 104 Å². The molecule has 3 nitrogen and oxygen atoms in total. The first-order valence-corrected chi connectivity index (χ1v) is 4.59. The number of nitrogens with zero attached hydrogens (tertiary/aromatic N) is 1. The quantitative estimate of drug-likeness (QED) is 0.840. The van der Waals surface area contributed by atoms with Gasteiger partial charge in [0.05, 0.1) is 10.0 Å². The first kappa shape index (κ1) is 14.2. The van der Waals surface area contributed by atoms with E-state index in [0.29, 0.717) is 15.6 Å². The lowest BCUT2D eigenvalue weighted by molar-refractivity contribution is -0.116. The van der Waals surface area contributed by atoms with Crippen molar-refractivity contribution in [2.45, 2.75) is 0 Å². The Morgan fingerprint density at radius 3 is 2.40 bits per heavy atom. The molecule has 0 unspecified atom stereocenters. The molecule has 0 aliphatic rings. The summed E-state index contributed by atoms with van der Waals surface area (Å²) in [6.45, 7) is -0.0679. The zero-order valence-electron chi connectivity index (χ0n) is 7.61. The third kappa shape index (κ3) is 4.51. The second kappa shape index (κ2) is 6.67. The smallest absolute Gasteiger partial charge is 0.239 e. The molecule has 0 radical (unpaired) electrons. The van der Waals surface area contributed by atoms with Gasteiger partial charge in [-0.3, -0.25) is 9.79 Å².